The standard InChI is InChI=1S/C14H19FN2O2/c1-8(12-6-5-11(18)7-13(12)15)16-9(2)14(19)17-10-3-4-10/h5-10,16,18H,3-4H2,1-2H3,(H,17,19). The van der Waals surface area contributed by atoms with Crippen LogP contribution < -0.4 is 10.6 Å². The summed E-state index contributed by atoms with van der Waals surface area (Å²) in [7, 11) is 0. The van der Waals surface area contributed by atoms with Crippen molar-refractivity contribution >= 4 is 5.91 Å². The van der Waals surface area contributed by atoms with Crippen molar-refractivity contribution < 1.29 is 14.3 Å². The molecule has 1 fully saturated rings. The van der Waals surface area contributed by atoms with Crippen molar-refractivity contribution in [2.45, 2.75) is 44.8 Å². The van der Waals surface area contributed by atoms with E-state index in [2.05, 4.69) is 10.6 Å². The lowest BCUT2D eigenvalue weighted by atomic mass is 10.1. The second kappa shape index (κ2) is 5.57. The van der Waals surface area contributed by atoms with Gasteiger partial charge in [-0.3, -0.25) is 10.1 Å². The number of carbonyl (C=O) groups excluding carboxylic acids is 1. The van der Waals surface area contributed by atoms with Gasteiger partial charge in [0, 0.05) is 23.7 Å². The molecular weight excluding hydrogens is 247 g/mol. The maximum absolute atomic E-state index is 13.7. The van der Waals surface area contributed by atoms with Crippen LogP contribution in [0.4, 0.5) is 4.39 Å². The fourth-order valence-corrected chi connectivity index (χ4v) is 1.96. The fourth-order valence-electron chi connectivity index (χ4n) is 1.96. The molecule has 4 nitrogen and oxygen atoms in total. The summed E-state index contributed by atoms with van der Waals surface area (Å²) < 4.78 is 13.7. The van der Waals surface area contributed by atoms with Gasteiger partial charge in [0.2, 0.25) is 5.91 Å². The average Bonchev–Trinajstić information content (AvgIpc) is 3.12. The number of rotatable bonds is 5. The molecule has 2 atom stereocenters. The van der Waals surface area contributed by atoms with Crippen LogP contribution in [0.3, 0.4) is 0 Å². The molecule has 1 saturated carbocycles. The molecule has 104 valence electrons. The zero-order valence-corrected chi connectivity index (χ0v) is 11.1. The van der Waals surface area contributed by atoms with Gasteiger partial charge in [-0.2, -0.15) is 0 Å². The summed E-state index contributed by atoms with van der Waals surface area (Å²) in [6, 6.07) is 3.66. The Morgan fingerprint density at radius 2 is 2.11 bits per heavy atom. The van der Waals surface area contributed by atoms with Crippen molar-refractivity contribution in [1.29, 1.82) is 0 Å². The van der Waals surface area contributed by atoms with E-state index in [1.807, 2.05) is 0 Å². The van der Waals surface area contributed by atoms with E-state index in [9.17, 15) is 14.3 Å². The number of halogens is 1. The van der Waals surface area contributed by atoms with Gasteiger partial charge in [0.05, 0.1) is 6.04 Å². The number of hydrogen-bond acceptors (Lipinski definition) is 3. The molecule has 0 aliphatic heterocycles. The average molecular weight is 266 g/mol. The molecule has 2 rings (SSSR count). The molecule has 1 aromatic rings. The SMILES string of the molecule is CC(NC(C)c1ccc(O)cc1F)C(=O)NC1CC1. The lowest BCUT2D eigenvalue weighted by molar-refractivity contribution is -0.123. The van der Waals surface area contributed by atoms with Crippen molar-refractivity contribution in [2.75, 3.05) is 0 Å². The summed E-state index contributed by atoms with van der Waals surface area (Å²) in [5.74, 6) is -0.642. The van der Waals surface area contributed by atoms with E-state index in [1.54, 1.807) is 13.8 Å². The normalized spacial score (nSPS) is 17.8. The topological polar surface area (TPSA) is 61.4 Å². The lowest BCUT2D eigenvalue weighted by Gasteiger charge is -2.20. The third-order valence-corrected chi connectivity index (χ3v) is 3.27. The molecule has 1 aromatic carbocycles. The van der Waals surface area contributed by atoms with Crippen LogP contribution in [-0.4, -0.2) is 23.1 Å². The Morgan fingerprint density at radius 1 is 1.42 bits per heavy atom. The fraction of sp³-hybridized carbons (Fsp3) is 0.500. The minimum Gasteiger partial charge on any atom is -0.508 e. The van der Waals surface area contributed by atoms with E-state index in [-0.39, 0.29) is 23.7 Å². The molecule has 0 aromatic heterocycles. The maximum atomic E-state index is 13.7. The highest BCUT2D eigenvalue weighted by molar-refractivity contribution is 5.81. The number of hydrogen-bond donors (Lipinski definition) is 3. The minimum atomic E-state index is -0.477. The molecule has 0 heterocycles. The van der Waals surface area contributed by atoms with Crippen LogP contribution in [0.2, 0.25) is 0 Å². The summed E-state index contributed by atoms with van der Waals surface area (Å²) in [6.07, 6.45) is 2.08. The van der Waals surface area contributed by atoms with Crippen molar-refractivity contribution in [3.8, 4) is 5.75 Å². The van der Waals surface area contributed by atoms with Gasteiger partial charge in [-0.1, -0.05) is 6.07 Å². The van der Waals surface area contributed by atoms with E-state index in [0.717, 1.165) is 18.9 Å². The number of nitrogens with one attached hydrogen (secondary N) is 2. The maximum Gasteiger partial charge on any atom is 0.237 e. The summed E-state index contributed by atoms with van der Waals surface area (Å²) in [5, 5.41) is 15.1. The Balaban J connectivity index is 1.95. The molecule has 5 heteroatoms. The van der Waals surface area contributed by atoms with E-state index >= 15 is 0 Å². The first kappa shape index (κ1) is 13.8. The van der Waals surface area contributed by atoms with Crippen molar-refractivity contribution in [1.82, 2.24) is 10.6 Å². The number of carbonyl (C=O) groups is 1. The van der Waals surface area contributed by atoms with Gasteiger partial charge >= 0.3 is 0 Å². The van der Waals surface area contributed by atoms with Crippen molar-refractivity contribution in [3.63, 3.8) is 0 Å². The third kappa shape index (κ3) is 3.67. The number of benzene rings is 1. The molecule has 0 spiro atoms. The predicted molar refractivity (Wildman–Crippen MR) is 70.2 cm³/mol. The molecular formula is C14H19FN2O2. The first-order valence-corrected chi connectivity index (χ1v) is 6.52. The van der Waals surface area contributed by atoms with Gasteiger partial charge in [0.25, 0.3) is 0 Å². The van der Waals surface area contributed by atoms with Crippen molar-refractivity contribution in [2.24, 2.45) is 0 Å². The van der Waals surface area contributed by atoms with Gasteiger partial charge in [0.1, 0.15) is 11.6 Å². The van der Waals surface area contributed by atoms with Crippen LogP contribution in [0.25, 0.3) is 0 Å². The highest BCUT2D eigenvalue weighted by Gasteiger charge is 2.26. The number of phenolic OH excluding ortho intramolecular Hbond substituents is 1. The summed E-state index contributed by atoms with van der Waals surface area (Å²) in [5.41, 5.74) is 0.434. The number of amides is 1. The largest absolute Gasteiger partial charge is 0.508 e. The Hall–Kier alpha value is -1.62. The van der Waals surface area contributed by atoms with Crippen LogP contribution in [0.1, 0.15) is 38.3 Å². The van der Waals surface area contributed by atoms with Crippen LogP contribution in [-0.2, 0) is 4.79 Å². The predicted octanol–water partition coefficient (Wildman–Crippen LogP) is 1.85. The molecule has 0 radical (unpaired) electrons. The summed E-state index contributed by atoms with van der Waals surface area (Å²) in [4.78, 5) is 11.8. The van der Waals surface area contributed by atoms with E-state index < -0.39 is 5.82 Å². The Morgan fingerprint density at radius 3 is 2.68 bits per heavy atom. The van der Waals surface area contributed by atoms with Gasteiger partial charge < -0.3 is 10.4 Å². The van der Waals surface area contributed by atoms with Gasteiger partial charge in [-0.15, -0.1) is 0 Å². The van der Waals surface area contributed by atoms with Crippen LogP contribution in [0.5, 0.6) is 5.75 Å². The molecule has 3 N–H and O–H groups in total. The Bertz CT molecular complexity index is 475. The summed E-state index contributed by atoms with van der Waals surface area (Å²) in [6.45, 7) is 3.54. The molecule has 0 bridgehead atoms. The second-order valence-corrected chi connectivity index (χ2v) is 5.10. The van der Waals surface area contributed by atoms with Gasteiger partial charge in [-0.05, 0) is 32.8 Å². The van der Waals surface area contributed by atoms with Gasteiger partial charge in [0.15, 0.2) is 0 Å². The zero-order chi connectivity index (χ0) is 14.0. The summed E-state index contributed by atoms with van der Waals surface area (Å²) >= 11 is 0. The lowest BCUT2D eigenvalue weighted by Crippen LogP contribution is -2.44. The quantitative estimate of drug-likeness (QED) is 0.762. The van der Waals surface area contributed by atoms with Crippen LogP contribution in [0.15, 0.2) is 18.2 Å². The highest BCUT2D eigenvalue weighted by atomic mass is 19.1. The molecule has 1 aliphatic rings. The highest BCUT2D eigenvalue weighted by Crippen LogP contribution is 2.22. The smallest absolute Gasteiger partial charge is 0.237 e. The van der Waals surface area contributed by atoms with Crippen LogP contribution in [0, 0.1) is 5.82 Å². The zero-order valence-electron chi connectivity index (χ0n) is 11.1. The van der Waals surface area contributed by atoms with Gasteiger partial charge in [-0.25, -0.2) is 4.39 Å². The molecule has 0 saturated heterocycles. The van der Waals surface area contributed by atoms with E-state index in [1.165, 1.54) is 12.1 Å². The molecule has 19 heavy (non-hydrogen) atoms. The Kier molecular flexibility index (Phi) is 4.04. The van der Waals surface area contributed by atoms with Crippen molar-refractivity contribution in [3.05, 3.63) is 29.6 Å². The van der Waals surface area contributed by atoms with Crippen LogP contribution >= 0.6 is 0 Å². The molecule has 1 amide bonds. The number of phenols is 1. The van der Waals surface area contributed by atoms with E-state index in [0.29, 0.717) is 11.6 Å². The van der Waals surface area contributed by atoms with E-state index in [4.69, 9.17) is 0 Å². The molecule has 2 unspecified atom stereocenters. The Labute approximate surface area is 112 Å². The monoisotopic (exact) mass is 266 g/mol. The first-order valence-electron chi connectivity index (χ1n) is 6.52. The number of aromatic hydroxyl groups is 1. The third-order valence-electron chi connectivity index (χ3n) is 3.27. The first-order chi connectivity index (χ1) is 8.97. The molecule has 1 aliphatic carbocycles. The second-order valence-electron chi connectivity index (χ2n) is 5.10. The minimum absolute atomic E-state index is 0.0615.